The van der Waals surface area contributed by atoms with Crippen molar-refractivity contribution >= 4 is 21.6 Å². The molecular weight excluding hydrogens is 376 g/mol. The Kier molecular flexibility index (Phi) is 5.12. The highest BCUT2D eigenvalue weighted by Crippen LogP contribution is 2.38. The third-order valence-corrected chi connectivity index (χ3v) is 7.43. The molecule has 2 aromatic rings. The van der Waals surface area contributed by atoms with Crippen molar-refractivity contribution in [2.45, 2.75) is 36.6 Å². The summed E-state index contributed by atoms with van der Waals surface area (Å²) in [6, 6.07) is 14.1. The number of sulfonamides is 1. The number of ether oxygens (including phenoxy) is 1. The fraction of sp³-hybridized carbons (Fsp3) is 0.381. The van der Waals surface area contributed by atoms with Crippen molar-refractivity contribution in [2.24, 2.45) is 0 Å². The Morgan fingerprint density at radius 2 is 1.82 bits per heavy atom. The number of rotatable bonds is 5. The van der Waals surface area contributed by atoms with E-state index in [0.717, 1.165) is 36.3 Å². The van der Waals surface area contributed by atoms with Gasteiger partial charge in [0, 0.05) is 25.2 Å². The smallest absolute Gasteiger partial charge is 0.243 e. The SMILES string of the molecule is COc1cccc(C2CCCN2S(=O)(=O)c2ccc(N3CCCC3=O)cc2)c1. The molecule has 2 aliphatic heterocycles. The number of benzene rings is 2. The predicted molar refractivity (Wildman–Crippen MR) is 107 cm³/mol. The van der Waals surface area contributed by atoms with Crippen LogP contribution in [0.15, 0.2) is 53.4 Å². The molecule has 2 heterocycles. The summed E-state index contributed by atoms with van der Waals surface area (Å²) in [5.41, 5.74) is 1.70. The van der Waals surface area contributed by atoms with E-state index in [4.69, 9.17) is 4.74 Å². The summed E-state index contributed by atoms with van der Waals surface area (Å²) in [4.78, 5) is 13.9. The molecule has 148 valence electrons. The normalized spacial score (nSPS) is 20.7. The quantitative estimate of drug-likeness (QED) is 0.772. The Labute approximate surface area is 165 Å². The molecule has 2 saturated heterocycles. The molecule has 4 rings (SSSR count). The van der Waals surface area contributed by atoms with Gasteiger partial charge in [0.05, 0.1) is 18.0 Å². The highest BCUT2D eigenvalue weighted by atomic mass is 32.2. The minimum atomic E-state index is -3.62. The lowest BCUT2D eigenvalue weighted by molar-refractivity contribution is -0.117. The summed E-state index contributed by atoms with van der Waals surface area (Å²) in [6.07, 6.45) is 3.00. The van der Waals surface area contributed by atoms with Crippen LogP contribution in [0.1, 0.15) is 37.3 Å². The van der Waals surface area contributed by atoms with Gasteiger partial charge in [-0.1, -0.05) is 12.1 Å². The van der Waals surface area contributed by atoms with Crippen molar-refractivity contribution in [3.63, 3.8) is 0 Å². The van der Waals surface area contributed by atoms with Gasteiger partial charge in [0.1, 0.15) is 5.75 Å². The first kappa shape index (κ1) is 19.0. The van der Waals surface area contributed by atoms with Gasteiger partial charge in [-0.05, 0) is 61.2 Å². The van der Waals surface area contributed by atoms with E-state index in [1.54, 1.807) is 40.6 Å². The third-order valence-electron chi connectivity index (χ3n) is 5.51. The molecule has 0 radical (unpaired) electrons. The highest BCUT2D eigenvalue weighted by molar-refractivity contribution is 7.89. The number of hydrogen-bond donors (Lipinski definition) is 0. The maximum Gasteiger partial charge on any atom is 0.243 e. The molecule has 2 aromatic carbocycles. The van der Waals surface area contributed by atoms with Crippen molar-refractivity contribution in [1.82, 2.24) is 4.31 Å². The molecule has 1 amide bonds. The van der Waals surface area contributed by atoms with Crippen LogP contribution in [0.3, 0.4) is 0 Å². The van der Waals surface area contributed by atoms with Gasteiger partial charge in [-0.25, -0.2) is 8.42 Å². The molecule has 0 bridgehead atoms. The zero-order chi connectivity index (χ0) is 19.7. The molecule has 0 aliphatic carbocycles. The summed E-state index contributed by atoms with van der Waals surface area (Å²) < 4.78 is 33.4. The number of anilines is 1. The second-order valence-corrected chi connectivity index (χ2v) is 9.08. The van der Waals surface area contributed by atoms with Gasteiger partial charge in [0.25, 0.3) is 0 Å². The van der Waals surface area contributed by atoms with Crippen molar-refractivity contribution in [1.29, 1.82) is 0 Å². The first-order valence-corrected chi connectivity index (χ1v) is 11.0. The fourth-order valence-electron chi connectivity index (χ4n) is 4.06. The minimum absolute atomic E-state index is 0.0910. The second kappa shape index (κ2) is 7.56. The molecule has 6 nitrogen and oxygen atoms in total. The summed E-state index contributed by atoms with van der Waals surface area (Å²) in [6.45, 7) is 1.19. The number of amides is 1. The summed E-state index contributed by atoms with van der Waals surface area (Å²) in [5.74, 6) is 0.814. The Hall–Kier alpha value is -2.38. The topological polar surface area (TPSA) is 66.9 Å². The van der Waals surface area contributed by atoms with Crippen LogP contribution in [-0.4, -0.2) is 38.8 Å². The van der Waals surface area contributed by atoms with Crippen molar-refractivity contribution in [2.75, 3.05) is 25.1 Å². The number of carbonyl (C=O) groups is 1. The Morgan fingerprint density at radius 1 is 1.04 bits per heavy atom. The fourth-order valence-corrected chi connectivity index (χ4v) is 5.75. The summed E-state index contributed by atoms with van der Waals surface area (Å²) in [5, 5.41) is 0. The molecule has 7 heteroatoms. The molecule has 28 heavy (non-hydrogen) atoms. The van der Waals surface area contributed by atoms with E-state index >= 15 is 0 Å². The molecule has 1 unspecified atom stereocenters. The average Bonchev–Trinajstić information content (AvgIpc) is 3.37. The van der Waals surface area contributed by atoms with Crippen LogP contribution >= 0.6 is 0 Å². The van der Waals surface area contributed by atoms with Crippen molar-refractivity contribution in [3.05, 3.63) is 54.1 Å². The maximum atomic E-state index is 13.3. The third kappa shape index (κ3) is 3.40. The van der Waals surface area contributed by atoms with Gasteiger partial charge >= 0.3 is 0 Å². The molecule has 0 aromatic heterocycles. The Morgan fingerprint density at radius 3 is 2.50 bits per heavy atom. The zero-order valence-corrected chi connectivity index (χ0v) is 16.7. The Balaban J connectivity index is 1.60. The van der Waals surface area contributed by atoms with E-state index in [2.05, 4.69) is 0 Å². The first-order chi connectivity index (χ1) is 13.5. The van der Waals surface area contributed by atoms with Gasteiger partial charge in [-0.2, -0.15) is 4.31 Å². The van der Waals surface area contributed by atoms with E-state index in [0.29, 0.717) is 19.5 Å². The van der Waals surface area contributed by atoms with Gasteiger partial charge in [-0.15, -0.1) is 0 Å². The average molecular weight is 401 g/mol. The van der Waals surface area contributed by atoms with Crippen molar-refractivity contribution in [3.8, 4) is 5.75 Å². The largest absolute Gasteiger partial charge is 0.497 e. The van der Waals surface area contributed by atoms with Crippen LogP contribution in [0.4, 0.5) is 5.69 Å². The molecule has 2 aliphatic rings. The molecule has 0 saturated carbocycles. The number of hydrogen-bond acceptors (Lipinski definition) is 4. The highest BCUT2D eigenvalue weighted by Gasteiger charge is 2.36. The number of methoxy groups -OCH3 is 1. The molecule has 0 spiro atoms. The van der Waals surface area contributed by atoms with Crippen LogP contribution in [0.25, 0.3) is 0 Å². The summed E-state index contributed by atoms with van der Waals surface area (Å²) >= 11 is 0. The number of carbonyl (C=O) groups excluding carboxylic acids is 1. The summed E-state index contributed by atoms with van der Waals surface area (Å²) in [7, 11) is -2.01. The van der Waals surface area contributed by atoms with Crippen LogP contribution < -0.4 is 9.64 Å². The first-order valence-electron chi connectivity index (χ1n) is 9.57. The van der Waals surface area contributed by atoms with E-state index in [9.17, 15) is 13.2 Å². The Bertz CT molecular complexity index is 972. The van der Waals surface area contributed by atoms with Crippen LogP contribution in [0.5, 0.6) is 5.75 Å². The minimum Gasteiger partial charge on any atom is -0.497 e. The van der Waals surface area contributed by atoms with Crippen LogP contribution in [-0.2, 0) is 14.8 Å². The van der Waals surface area contributed by atoms with E-state index in [-0.39, 0.29) is 16.8 Å². The molecule has 1 atom stereocenters. The predicted octanol–water partition coefficient (Wildman–Crippen LogP) is 3.35. The zero-order valence-electron chi connectivity index (χ0n) is 15.9. The van der Waals surface area contributed by atoms with Gasteiger partial charge in [0.15, 0.2) is 0 Å². The lowest BCUT2D eigenvalue weighted by Crippen LogP contribution is -2.30. The van der Waals surface area contributed by atoms with E-state index < -0.39 is 10.0 Å². The van der Waals surface area contributed by atoms with Crippen LogP contribution in [0, 0.1) is 0 Å². The second-order valence-electron chi connectivity index (χ2n) is 7.19. The number of nitrogens with zero attached hydrogens (tertiary/aromatic N) is 2. The van der Waals surface area contributed by atoms with E-state index in [1.165, 1.54) is 0 Å². The molecular formula is C21H24N2O4S. The van der Waals surface area contributed by atoms with Crippen LogP contribution in [0.2, 0.25) is 0 Å². The molecule has 0 N–H and O–H groups in total. The lowest BCUT2D eigenvalue weighted by Gasteiger charge is -2.25. The molecule has 2 fully saturated rings. The van der Waals surface area contributed by atoms with Gasteiger partial charge < -0.3 is 9.64 Å². The van der Waals surface area contributed by atoms with E-state index in [1.807, 2.05) is 24.3 Å². The van der Waals surface area contributed by atoms with Gasteiger partial charge in [-0.3, -0.25) is 4.79 Å². The maximum absolute atomic E-state index is 13.3. The standard InChI is InChI=1S/C21H24N2O4S/c1-27-18-6-2-5-16(15-18)20-7-3-14-23(20)28(25,26)19-11-9-17(10-12-19)22-13-4-8-21(22)24/h2,5-6,9-12,15,20H,3-4,7-8,13-14H2,1H3. The monoisotopic (exact) mass is 400 g/mol. The lowest BCUT2D eigenvalue weighted by atomic mass is 10.1. The van der Waals surface area contributed by atoms with Crippen molar-refractivity contribution < 1.29 is 17.9 Å². The van der Waals surface area contributed by atoms with Gasteiger partial charge in [0.2, 0.25) is 15.9 Å².